The Hall–Kier alpha value is -5.31. The smallest absolute Gasteiger partial charge is 0.237 e. The molecular weight excluding hydrogens is 478 g/mol. The summed E-state index contributed by atoms with van der Waals surface area (Å²) >= 11 is 0. The number of aryl methyl sites for hydroxylation is 1. The minimum absolute atomic E-state index is 0.195. The Bertz CT molecular complexity index is 1780. The van der Waals surface area contributed by atoms with E-state index < -0.39 is 5.92 Å². The van der Waals surface area contributed by atoms with Gasteiger partial charge in [-0.1, -0.05) is 54.6 Å². The van der Waals surface area contributed by atoms with Crippen LogP contribution in [0.2, 0.25) is 0 Å². The molecule has 6 aromatic rings. The Morgan fingerprint density at radius 1 is 0.868 bits per heavy atom. The number of carbonyl (C=O) groups excluding carboxylic acids is 1. The molecule has 38 heavy (non-hydrogen) atoms. The van der Waals surface area contributed by atoms with Crippen molar-refractivity contribution in [2.75, 3.05) is 5.32 Å². The van der Waals surface area contributed by atoms with Gasteiger partial charge in [0, 0.05) is 17.2 Å². The first-order valence-electron chi connectivity index (χ1n) is 12.1. The molecule has 1 amide bonds. The second-order valence-corrected chi connectivity index (χ2v) is 9.01. The van der Waals surface area contributed by atoms with Gasteiger partial charge in [-0.05, 0) is 31.2 Å². The molecule has 0 bridgehead atoms. The molecule has 0 unspecified atom stereocenters. The number of hydrogen-bond donors (Lipinski definition) is 1. The molecule has 4 heterocycles. The highest BCUT2D eigenvalue weighted by Gasteiger charge is 2.33. The molecule has 0 fully saturated rings. The summed E-state index contributed by atoms with van der Waals surface area (Å²) < 4.78 is 9.45. The average Bonchev–Trinajstić information content (AvgIpc) is 3.55. The summed E-state index contributed by atoms with van der Waals surface area (Å²) in [4.78, 5) is 22.9. The number of fused-ring (bicyclic) bond motifs is 3. The molecule has 9 heteroatoms. The second kappa shape index (κ2) is 8.67. The molecule has 0 atom stereocenters. The maximum absolute atomic E-state index is 13.9. The predicted octanol–water partition coefficient (Wildman–Crippen LogP) is 5.19. The molecule has 0 radical (unpaired) electrons. The summed E-state index contributed by atoms with van der Waals surface area (Å²) in [5.41, 5.74) is 3.86. The summed E-state index contributed by atoms with van der Waals surface area (Å²) in [6.07, 6.45) is 3.19. The lowest BCUT2D eigenvalue weighted by molar-refractivity contribution is -0.116. The quantitative estimate of drug-likeness (QED) is 0.359. The lowest BCUT2D eigenvalue weighted by Crippen LogP contribution is -2.26. The topological polar surface area (TPSA) is 99.7 Å². The number of nitrogens with zero attached hydrogens (tertiary/aromatic N) is 6. The van der Waals surface area contributed by atoms with Crippen LogP contribution < -0.4 is 10.1 Å². The summed E-state index contributed by atoms with van der Waals surface area (Å²) in [5.74, 6) is 1.62. The van der Waals surface area contributed by atoms with E-state index in [0.717, 1.165) is 22.5 Å². The van der Waals surface area contributed by atoms with Crippen LogP contribution in [0.4, 0.5) is 5.82 Å². The largest absolute Gasteiger partial charge is 0.457 e. The standard InChI is InChI=1S/C29H21N7O2/c1-18-15-25(33-29(37)26-20-11-5-7-13-23(20)38-24-14-8-6-12-21(24)26)36(34-18)28-22-16-32-35(27(22)30-17-31-28)19-9-3-2-4-10-19/h2-17,26H,1H3,(H,33,37). The molecule has 0 spiro atoms. The van der Waals surface area contributed by atoms with Crippen LogP contribution in [0.3, 0.4) is 0 Å². The van der Waals surface area contributed by atoms with Crippen LogP contribution in [0.15, 0.2) is 97.5 Å². The third kappa shape index (κ3) is 3.52. The third-order valence-electron chi connectivity index (χ3n) is 6.57. The van der Waals surface area contributed by atoms with Crippen molar-refractivity contribution in [1.82, 2.24) is 29.5 Å². The van der Waals surface area contributed by atoms with E-state index >= 15 is 0 Å². The van der Waals surface area contributed by atoms with Crippen molar-refractivity contribution < 1.29 is 9.53 Å². The Labute approximate surface area is 217 Å². The predicted molar refractivity (Wildman–Crippen MR) is 142 cm³/mol. The van der Waals surface area contributed by atoms with Crippen molar-refractivity contribution in [1.29, 1.82) is 0 Å². The lowest BCUT2D eigenvalue weighted by atomic mass is 9.87. The number of benzene rings is 3. The van der Waals surface area contributed by atoms with Crippen LogP contribution in [-0.4, -0.2) is 35.4 Å². The first kappa shape index (κ1) is 21.9. The van der Waals surface area contributed by atoms with Gasteiger partial charge in [0.15, 0.2) is 11.5 Å². The zero-order valence-electron chi connectivity index (χ0n) is 20.3. The van der Waals surface area contributed by atoms with Gasteiger partial charge in [-0.15, -0.1) is 0 Å². The molecule has 3 aromatic carbocycles. The summed E-state index contributed by atoms with van der Waals surface area (Å²) in [6.45, 7) is 1.87. The summed E-state index contributed by atoms with van der Waals surface area (Å²) in [5, 5.41) is 13.0. The number of anilines is 1. The first-order chi connectivity index (χ1) is 18.7. The third-order valence-corrected chi connectivity index (χ3v) is 6.57. The fourth-order valence-corrected chi connectivity index (χ4v) is 4.90. The zero-order valence-corrected chi connectivity index (χ0v) is 20.3. The Balaban J connectivity index is 1.30. The number of amides is 1. The number of ether oxygens (including phenoxy) is 1. The highest BCUT2D eigenvalue weighted by Crippen LogP contribution is 2.44. The van der Waals surface area contributed by atoms with Crippen LogP contribution in [0.1, 0.15) is 22.7 Å². The number of rotatable bonds is 4. The molecule has 1 N–H and O–H groups in total. The lowest BCUT2D eigenvalue weighted by Gasteiger charge is -2.27. The first-order valence-corrected chi connectivity index (χ1v) is 12.1. The van der Waals surface area contributed by atoms with Gasteiger partial charge in [0.2, 0.25) is 5.91 Å². The van der Waals surface area contributed by atoms with Gasteiger partial charge in [0.05, 0.1) is 28.9 Å². The minimum Gasteiger partial charge on any atom is -0.457 e. The Morgan fingerprint density at radius 3 is 2.29 bits per heavy atom. The van der Waals surface area contributed by atoms with E-state index in [4.69, 9.17) is 4.74 Å². The van der Waals surface area contributed by atoms with Crippen LogP contribution in [-0.2, 0) is 4.79 Å². The van der Waals surface area contributed by atoms with Crippen LogP contribution in [0.25, 0.3) is 22.5 Å². The number of nitrogens with one attached hydrogen (secondary N) is 1. The highest BCUT2D eigenvalue weighted by atomic mass is 16.5. The second-order valence-electron chi connectivity index (χ2n) is 9.01. The van der Waals surface area contributed by atoms with E-state index in [0.29, 0.717) is 34.2 Å². The van der Waals surface area contributed by atoms with Crippen LogP contribution in [0, 0.1) is 6.92 Å². The van der Waals surface area contributed by atoms with Gasteiger partial charge >= 0.3 is 0 Å². The fraction of sp³-hybridized carbons (Fsp3) is 0.0690. The maximum Gasteiger partial charge on any atom is 0.237 e. The van der Waals surface area contributed by atoms with E-state index in [1.807, 2.05) is 91.9 Å². The monoisotopic (exact) mass is 499 g/mol. The molecule has 1 aliphatic rings. The van der Waals surface area contributed by atoms with Gasteiger partial charge < -0.3 is 10.1 Å². The SMILES string of the molecule is Cc1cc(NC(=O)C2c3ccccc3Oc3ccccc32)n(-c2ncnc3c2cnn3-c2ccccc2)n1. The number of carbonyl (C=O) groups is 1. The Morgan fingerprint density at radius 2 is 1.55 bits per heavy atom. The summed E-state index contributed by atoms with van der Waals surface area (Å²) in [6, 6.07) is 26.8. The number of para-hydroxylation sites is 3. The van der Waals surface area contributed by atoms with Gasteiger partial charge in [-0.2, -0.15) is 14.9 Å². The van der Waals surface area contributed by atoms with E-state index in [1.165, 1.54) is 6.33 Å². The van der Waals surface area contributed by atoms with Gasteiger partial charge in [0.1, 0.15) is 23.6 Å². The molecule has 0 saturated carbocycles. The molecule has 0 aliphatic carbocycles. The van der Waals surface area contributed by atoms with E-state index in [1.54, 1.807) is 15.6 Å². The van der Waals surface area contributed by atoms with Gasteiger partial charge in [0.25, 0.3) is 0 Å². The van der Waals surface area contributed by atoms with E-state index in [9.17, 15) is 4.79 Å². The fourth-order valence-electron chi connectivity index (χ4n) is 4.90. The van der Waals surface area contributed by atoms with Crippen molar-refractivity contribution in [3.63, 3.8) is 0 Å². The van der Waals surface area contributed by atoms with E-state index in [2.05, 4.69) is 25.5 Å². The maximum atomic E-state index is 13.9. The molecule has 0 saturated heterocycles. The normalized spacial score (nSPS) is 12.6. The van der Waals surface area contributed by atoms with Gasteiger partial charge in [-0.25, -0.2) is 14.6 Å². The molecule has 9 nitrogen and oxygen atoms in total. The van der Waals surface area contributed by atoms with Crippen molar-refractivity contribution in [3.05, 3.63) is 114 Å². The van der Waals surface area contributed by atoms with Crippen molar-refractivity contribution in [2.45, 2.75) is 12.8 Å². The molecular formula is C29H21N7O2. The highest BCUT2D eigenvalue weighted by molar-refractivity contribution is 5.99. The van der Waals surface area contributed by atoms with Crippen molar-refractivity contribution in [2.24, 2.45) is 0 Å². The zero-order chi connectivity index (χ0) is 25.6. The number of hydrogen-bond acceptors (Lipinski definition) is 6. The Kier molecular flexibility index (Phi) is 5.00. The van der Waals surface area contributed by atoms with Crippen molar-refractivity contribution >= 4 is 22.8 Å². The van der Waals surface area contributed by atoms with Crippen molar-refractivity contribution in [3.8, 4) is 23.0 Å². The molecule has 184 valence electrons. The molecule has 3 aromatic heterocycles. The molecule has 1 aliphatic heterocycles. The van der Waals surface area contributed by atoms with Crippen LogP contribution >= 0.6 is 0 Å². The van der Waals surface area contributed by atoms with Gasteiger partial charge in [-0.3, -0.25) is 4.79 Å². The number of aromatic nitrogens is 6. The summed E-state index contributed by atoms with van der Waals surface area (Å²) in [7, 11) is 0. The van der Waals surface area contributed by atoms with Crippen LogP contribution in [0.5, 0.6) is 11.5 Å². The minimum atomic E-state index is -0.550. The van der Waals surface area contributed by atoms with E-state index in [-0.39, 0.29) is 5.91 Å². The molecule has 7 rings (SSSR count). The average molecular weight is 500 g/mol.